The van der Waals surface area contributed by atoms with Crippen LogP contribution in [0.5, 0.6) is 0 Å². The van der Waals surface area contributed by atoms with Gasteiger partial charge in [0.25, 0.3) is 0 Å². The minimum Gasteiger partial charge on any atom is -0.379 e. The molecule has 5 heteroatoms. The Balaban J connectivity index is 1.86. The van der Waals surface area contributed by atoms with Gasteiger partial charge in [-0.3, -0.25) is 9.80 Å². The average molecular weight is 281 g/mol. The van der Waals surface area contributed by atoms with Crippen LogP contribution in [-0.4, -0.2) is 61.4 Å². The van der Waals surface area contributed by atoms with E-state index in [9.17, 15) is 0 Å². The Hall–Kier alpha value is -0.910. The van der Waals surface area contributed by atoms with E-state index < -0.39 is 0 Å². The molecule has 2 rings (SSSR count). The summed E-state index contributed by atoms with van der Waals surface area (Å²) in [5, 5.41) is 4.04. The van der Waals surface area contributed by atoms with Gasteiger partial charge in [-0.25, -0.2) is 0 Å². The number of hydrogen-bond acceptors (Lipinski definition) is 5. The number of hydrogen-bond donors (Lipinski definition) is 0. The molecule has 1 aliphatic rings. The Morgan fingerprint density at radius 2 is 2.10 bits per heavy atom. The maximum absolute atomic E-state index is 5.41. The molecular weight excluding hydrogens is 254 g/mol. The molecule has 1 saturated heterocycles. The van der Waals surface area contributed by atoms with Crippen LogP contribution >= 0.6 is 0 Å². The third-order valence-electron chi connectivity index (χ3n) is 3.98. The van der Waals surface area contributed by atoms with Crippen LogP contribution in [0.3, 0.4) is 0 Å². The molecule has 0 saturated carbocycles. The Kier molecular flexibility index (Phi) is 5.18. The Labute approximate surface area is 121 Å². The van der Waals surface area contributed by atoms with E-state index >= 15 is 0 Å². The summed E-state index contributed by atoms with van der Waals surface area (Å²) in [6.45, 7) is 12.8. The quantitative estimate of drug-likeness (QED) is 0.798. The first-order valence-electron chi connectivity index (χ1n) is 7.38. The second kappa shape index (κ2) is 6.70. The molecule has 1 aromatic heterocycles. The zero-order valence-electron chi connectivity index (χ0n) is 13.1. The SMILES string of the molecule is C[C@@H](c1ccon1)N(C)CC(C)(C)CN1CCOCC1. The summed E-state index contributed by atoms with van der Waals surface area (Å²) in [7, 11) is 2.15. The van der Waals surface area contributed by atoms with Crippen LogP contribution in [0.1, 0.15) is 32.5 Å². The van der Waals surface area contributed by atoms with Crippen LogP contribution in [0.2, 0.25) is 0 Å². The molecule has 2 heterocycles. The molecule has 0 spiro atoms. The Bertz CT molecular complexity index is 386. The van der Waals surface area contributed by atoms with Crippen molar-refractivity contribution >= 4 is 0 Å². The Morgan fingerprint density at radius 3 is 2.70 bits per heavy atom. The zero-order valence-corrected chi connectivity index (χ0v) is 13.1. The lowest BCUT2D eigenvalue weighted by molar-refractivity contribution is 0.0143. The number of aromatic nitrogens is 1. The van der Waals surface area contributed by atoms with Crippen molar-refractivity contribution in [2.24, 2.45) is 5.41 Å². The van der Waals surface area contributed by atoms with Gasteiger partial charge in [0, 0.05) is 32.2 Å². The van der Waals surface area contributed by atoms with Crippen LogP contribution in [0.25, 0.3) is 0 Å². The van der Waals surface area contributed by atoms with E-state index in [0.29, 0.717) is 0 Å². The van der Waals surface area contributed by atoms with Gasteiger partial charge >= 0.3 is 0 Å². The second-order valence-electron chi connectivity index (χ2n) is 6.57. The smallest absolute Gasteiger partial charge is 0.124 e. The fourth-order valence-corrected chi connectivity index (χ4v) is 2.89. The van der Waals surface area contributed by atoms with Crippen molar-refractivity contribution in [2.45, 2.75) is 26.8 Å². The molecule has 1 fully saturated rings. The monoisotopic (exact) mass is 281 g/mol. The first-order chi connectivity index (χ1) is 9.48. The van der Waals surface area contributed by atoms with Crippen molar-refractivity contribution in [3.05, 3.63) is 18.0 Å². The summed E-state index contributed by atoms with van der Waals surface area (Å²) in [5.41, 5.74) is 1.24. The highest BCUT2D eigenvalue weighted by Gasteiger charge is 2.27. The second-order valence-corrected chi connectivity index (χ2v) is 6.57. The molecule has 20 heavy (non-hydrogen) atoms. The molecule has 1 atom stereocenters. The highest BCUT2D eigenvalue weighted by Crippen LogP contribution is 2.24. The van der Waals surface area contributed by atoms with Crippen LogP contribution in [-0.2, 0) is 4.74 Å². The number of nitrogens with zero attached hydrogens (tertiary/aromatic N) is 3. The molecule has 0 N–H and O–H groups in total. The summed E-state index contributed by atoms with van der Waals surface area (Å²) in [6.07, 6.45) is 1.64. The molecule has 0 aliphatic carbocycles. The van der Waals surface area contributed by atoms with Gasteiger partial charge in [-0.05, 0) is 19.4 Å². The van der Waals surface area contributed by atoms with Gasteiger partial charge in [-0.15, -0.1) is 0 Å². The van der Waals surface area contributed by atoms with E-state index in [2.05, 4.69) is 42.8 Å². The molecule has 5 nitrogen and oxygen atoms in total. The van der Waals surface area contributed by atoms with Crippen LogP contribution in [0.4, 0.5) is 0 Å². The van der Waals surface area contributed by atoms with Gasteiger partial charge in [0.2, 0.25) is 0 Å². The van der Waals surface area contributed by atoms with Crippen LogP contribution in [0.15, 0.2) is 16.9 Å². The lowest BCUT2D eigenvalue weighted by atomic mass is 9.91. The van der Waals surface area contributed by atoms with Gasteiger partial charge in [0.1, 0.15) is 12.0 Å². The fourth-order valence-electron chi connectivity index (χ4n) is 2.89. The average Bonchev–Trinajstić information content (AvgIpc) is 2.91. The van der Waals surface area contributed by atoms with Gasteiger partial charge in [0.15, 0.2) is 0 Å². The van der Waals surface area contributed by atoms with Gasteiger partial charge in [-0.1, -0.05) is 19.0 Å². The fraction of sp³-hybridized carbons (Fsp3) is 0.800. The van der Waals surface area contributed by atoms with E-state index in [0.717, 1.165) is 45.1 Å². The van der Waals surface area contributed by atoms with E-state index in [1.54, 1.807) is 6.26 Å². The maximum Gasteiger partial charge on any atom is 0.124 e. The summed E-state index contributed by atoms with van der Waals surface area (Å²) < 4.78 is 10.4. The molecule has 114 valence electrons. The number of rotatable bonds is 6. The van der Waals surface area contributed by atoms with E-state index in [1.165, 1.54) is 0 Å². The predicted molar refractivity (Wildman–Crippen MR) is 78.6 cm³/mol. The highest BCUT2D eigenvalue weighted by atomic mass is 16.5. The molecule has 0 aromatic carbocycles. The summed E-state index contributed by atoms with van der Waals surface area (Å²) in [5.74, 6) is 0. The maximum atomic E-state index is 5.41. The van der Waals surface area contributed by atoms with Crippen molar-refractivity contribution in [3.8, 4) is 0 Å². The van der Waals surface area contributed by atoms with Crippen LogP contribution < -0.4 is 0 Å². The van der Waals surface area contributed by atoms with Gasteiger partial charge in [0.05, 0.1) is 19.3 Å². The molecule has 1 aromatic rings. The number of ether oxygens (including phenoxy) is 1. The largest absolute Gasteiger partial charge is 0.379 e. The van der Waals surface area contributed by atoms with Crippen molar-refractivity contribution in [1.82, 2.24) is 15.0 Å². The number of morpholine rings is 1. The lowest BCUT2D eigenvalue weighted by Crippen LogP contribution is -2.45. The van der Waals surface area contributed by atoms with Crippen molar-refractivity contribution in [1.29, 1.82) is 0 Å². The van der Waals surface area contributed by atoms with Gasteiger partial charge in [-0.2, -0.15) is 0 Å². The molecule has 0 radical (unpaired) electrons. The highest BCUT2D eigenvalue weighted by molar-refractivity contribution is 5.01. The van der Waals surface area contributed by atoms with E-state index in [4.69, 9.17) is 9.26 Å². The zero-order chi connectivity index (χ0) is 14.6. The Morgan fingerprint density at radius 1 is 1.40 bits per heavy atom. The van der Waals surface area contributed by atoms with Crippen molar-refractivity contribution in [2.75, 3.05) is 46.4 Å². The standard InChI is InChI=1S/C15H27N3O2/c1-13(14-5-8-20-16-14)17(4)11-15(2,3)12-18-6-9-19-10-7-18/h5,8,13H,6-7,9-12H2,1-4H3/t13-/m0/s1. The predicted octanol–water partition coefficient (Wildman–Crippen LogP) is 2.03. The van der Waals surface area contributed by atoms with E-state index in [-0.39, 0.29) is 11.5 Å². The molecular formula is C15H27N3O2. The summed E-state index contributed by atoms with van der Waals surface area (Å²) in [6, 6.07) is 2.22. The first kappa shape index (κ1) is 15.5. The van der Waals surface area contributed by atoms with Crippen molar-refractivity contribution in [3.63, 3.8) is 0 Å². The lowest BCUT2D eigenvalue weighted by Gasteiger charge is -2.38. The first-order valence-corrected chi connectivity index (χ1v) is 7.38. The molecule has 0 bridgehead atoms. The summed E-state index contributed by atoms with van der Waals surface area (Å²) >= 11 is 0. The van der Waals surface area contributed by atoms with Gasteiger partial charge < -0.3 is 9.26 Å². The van der Waals surface area contributed by atoms with Crippen LogP contribution in [0, 0.1) is 5.41 Å². The normalized spacial score (nSPS) is 19.4. The topological polar surface area (TPSA) is 41.7 Å². The minimum absolute atomic E-state index is 0.240. The third-order valence-corrected chi connectivity index (χ3v) is 3.98. The third kappa shape index (κ3) is 4.30. The minimum atomic E-state index is 0.240. The molecule has 0 unspecified atom stereocenters. The summed E-state index contributed by atoms with van der Waals surface area (Å²) in [4.78, 5) is 4.84. The van der Waals surface area contributed by atoms with Crippen molar-refractivity contribution < 1.29 is 9.26 Å². The molecule has 0 amide bonds. The molecule has 1 aliphatic heterocycles. The van der Waals surface area contributed by atoms with E-state index in [1.807, 2.05) is 6.07 Å².